The van der Waals surface area contributed by atoms with Crippen molar-refractivity contribution in [3.05, 3.63) is 41.5 Å². The van der Waals surface area contributed by atoms with Crippen LogP contribution in [0, 0.1) is 0 Å². The summed E-state index contributed by atoms with van der Waals surface area (Å²) in [4.78, 5) is 0. The molecule has 0 amide bonds. The Morgan fingerprint density at radius 3 is 1.77 bits per heavy atom. The molecule has 0 aliphatic heterocycles. The molecule has 0 unspecified atom stereocenters. The van der Waals surface area contributed by atoms with Gasteiger partial charge in [0, 0.05) is 0 Å². The van der Waals surface area contributed by atoms with E-state index in [-0.39, 0.29) is 29.6 Å². The number of aromatic hydroxyl groups is 1. The van der Waals surface area contributed by atoms with Crippen LogP contribution >= 0.6 is 0 Å². The van der Waals surface area contributed by atoms with E-state index in [0.717, 1.165) is 0 Å². The summed E-state index contributed by atoms with van der Waals surface area (Å²) in [7, 11) is 5.63. The first-order chi connectivity index (χ1) is 14.9. The lowest BCUT2D eigenvalue weighted by Gasteiger charge is -2.25. The first-order valence-corrected chi connectivity index (χ1v) is 9.37. The highest BCUT2D eigenvalue weighted by atomic mass is 16.6. The predicted molar refractivity (Wildman–Crippen MR) is 113 cm³/mol. The van der Waals surface area contributed by atoms with Gasteiger partial charge in [-0.3, -0.25) is 0 Å². The first kappa shape index (κ1) is 24.1. The molecule has 2 aromatic carbocycles. The third kappa shape index (κ3) is 5.52. The van der Waals surface area contributed by atoms with Gasteiger partial charge in [-0.25, -0.2) is 0 Å². The molecule has 170 valence electrons. The average Bonchev–Trinajstić information content (AvgIpc) is 2.80. The van der Waals surface area contributed by atoms with Crippen LogP contribution in [0.4, 0.5) is 0 Å². The van der Waals surface area contributed by atoms with E-state index in [1.54, 1.807) is 24.3 Å². The quantitative estimate of drug-likeness (QED) is 0.418. The van der Waals surface area contributed by atoms with Crippen LogP contribution in [0.2, 0.25) is 0 Å². The highest BCUT2D eigenvalue weighted by Crippen LogP contribution is 2.42. The number of aliphatic hydroxyl groups is 3. The fourth-order valence-corrected chi connectivity index (χ4v) is 2.95. The molecule has 0 heterocycles. The van der Waals surface area contributed by atoms with Crippen molar-refractivity contribution in [2.45, 2.75) is 12.2 Å². The lowest BCUT2D eigenvalue weighted by molar-refractivity contribution is -0.00184. The van der Waals surface area contributed by atoms with Crippen LogP contribution in [0.1, 0.15) is 17.2 Å². The monoisotopic (exact) mass is 436 g/mol. The van der Waals surface area contributed by atoms with Gasteiger partial charge in [-0.1, -0.05) is 12.2 Å². The smallest absolute Gasteiger partial charge is 0.204 e. The SMILES string of the molecule is COc1cc([C@H](O)[C@H](CO)Oc2c(OC)cc(/C=C\CO)cc2OC)cc(OC)c1O. The summed E-state index contributed by atoms with van der Waals surface area (Å²) in [6.45, 7) is -0.660. The Kier molecular flexibility index (Phi) is 8.80. The Bertz CT molecular complexity index is 845. The van der Waals surface area contributed by atoms with Crippen molar-refractivity contribution in [2.75, 3.05) is 41.7 Å². The van der Waals surface area contributed by atoms with Crippen molar-refractivity contribution in [1.82, 2.24) is 0 Å². The normalized spacial score (nSPS) is 13.0. The molecule has 0 spiro atoms. The third-order valence-electron chi connectivity index (χ3n) is 4.54. The summed E-state index contributed by atoms with van der Waals surface area (Å²) in [5.74, 6) is 0.784. The maximum absolute atomic E-state index is 10.9. The second-order valence-corrected chi connectivity index (χ2v) is 6.40. The van der Waals surface area contributed by atoms with Gasteiger partial charge in [0.05, 0.1) is 41.7 Å². The number of aliphatic hydroxyl groups excluding tert-OH is 3. The number of phenols is 1. The van der Waals surface area contributed by atoms with Gasteiger partial charge < -0.3 is 44.1 Å². The molecule has 4 N–H and O–H groups in total. The predicted octanol–water partition coefficient (Wildman–Crippen LogP) is 1.91. The molecular weight excluding hydrogens is 408 g/mol. The summed E-state index contributed by atoms with van der Waals surface area (Å²) in [6.07, 6.45) is 0.820. The molecule has 0 saturated carbocycles. The molecule has 0 aliphatic carbocycles. The van der Waals surface area contributed by atoms with Crippen LogP contribution in [0.25, 0.3) is 6.08 Å². The number of ether oxygens (including phenoxy) is 5. The zero-order chi connectivity index (χ0) is 23.0. The van der Waals surface area contributed by atoms with Gasteiger partial charge in [-0.2, -0.15) is 0 Å². The molecule has 0 aliphatic rings. The number of benzene rings is 2. The molecule has 0 fully saturated rings. The maximum Gasteiger partial charge on any atom is 0.204 e. The van der Waals surface area contributed by atoms with E-state index >= 15 is 0 Å². The molecule has 0 radical (unpaired) electrons. The van der Waals surface area contributed by atoms with Gasteiger partial charge in [-0.15, -0.1) is 0 Å². The van der Waals surface area contributed by atoms with Crippen molar-refractivity contribution < 1.29 is 44.1 Å². The standard InChI is InChI=1S/C22H28O9/c1-27-15-10-14(11-16(28-2)21(15)26)20(25)19(12-24)31-22-17(29-3)8-13(6-5-7-23)9-18(22)30-4/h5-6,8-11,19-20,23-26H,7,12H2,1-4H3/b6-5-/t19-,20-/m0/s1. The highest BCUT2D eigenvalue weighted by molar-refractivity contribution is 5.62. The van der Waals surface area contributed by atoms with Crippen LogP contribution in [0.5, 0.6) is 34.5 Å². The summed E-state index contributed by atoms with van der Waals surface area (Å²) < 4.78 is 26.9. The van der Waals surface area contributed by atoms with Crippen LogP contribution < -0.4 is 23.7 Å². The Morgan fingerprint density at radius 2 is 1.35 bits per heavy atom. The second kappa shape index (κ2) is 11.3. The number of hydrogen-bond donors (Lipinski definition) is 4. The maximum atomic E-state index is 10.9. The lowest BCUT2D eigenvalue weighted by Crippen LogP contribution is -2.29. The minimum Gasteiger partial charge on any atom is -0.502 e. The fourth-order valence-electron chi connectivity index (χ4n) is 2.95. The van der Waals surface area contributed by atoms with Crippen molar-refractivity contribution in [3.63, 3.8) is 0 Å². The van der Waals surface area contributed by atoms with Gasteiger partial charge >= 0.3 is 0 Å². The number of hydrogen-bond acceptors (Lipinski definition) is 9. The van der Waals surface area contributed by atoms with Crippen LogP contribution in [-0.2, 0) is 0 Å². The summed E-state index contributed by atoms with van der Waals surface area (Å²) >= 11 is 0. The third-order valence-corrected chi connectivity index (χ3v) is 4.54. The first-order valence-electron chi connectivity index (χ1n) is 9.37. The molecule has 0 saturated heterocycles. The van der Waals surface area contributed by atoms with Gasteiger partial charge in [0.25, 0.3) is 0 Å². The van der Waals surface area contributed by atoms with Gasteiger partial charge in [0.1, 0.15) is 6.10 Å². The Labute approximate surface area is 180 Å². The van der Waals surface area contributed by atoms with Gasteiger partial charge in [-0.05, 0) is 35.4 Å². The number of methoxy groups -OCH3 is 4. The molecule has 9 nitrogen and oxygen atoms in total. The average molecular weight is 436 g/mol. The fraction of sp³-hybridized carbons (Fsp3) is 0.364. The summed E-state index contributed by atoms with van der Waals surface area (Å²) in [6, 6.07) is 6.17. The number of phenolic OH excluding ortho intramolecular Hbond substituents is 1. The summed E-state index contributed by atoms with van der Waals surface area (Å²) in [5.41, 5.74) is 0.996. The van der Waals surface area contributed by atoms with Crippen LogP contribution in [0.15, 0.2) is 30.3 Å². The van der Waals surface area contributed by atoms with E-state index in [1.807, 2.05) is 0 Å². The summed E-state index contributed by atoms with van der Waals surface area (Å²) in [5, 5.41) is 39.8. The minimum absolute atomic E-state index is 0.0975. The van der Waals surface area contributed by atoms with Crippen molar-refractivity contribution >= 4 is 6.08 Å². The second-order valence-electron chi connectivity index (χ2n) is 6.40. The molecular formula is C22H28O9. The van der Waals surface area contributed by atoms with E-state index in [2.05, 4.69) is 0 Å². The van der Waals surface area contributed by atoms with E-state index in [1.165, 1.54) is 40.6 Å². The topological polar surface area (TPSA) is 127 Å². The zero-order valence-corrected chi connectivity index (χ0v) is 17.9. The molecule has 9 heteroatoms. The van der Waals surface area contributed by atoms with E-state index in [9.17, 15) is 15.3 Å². The molecule has 31 heavy (non-hydrogen) atoms. The minimum atomic E-state index is -1.31. The molecule has 2 atom stereocenters. The Hall–Kier alpha value is -3.14. The number of rotatable bonds is 11. The van der Waals surface area contributed by atoms with Crippen molar-refractivity contribution in [3.8, 4) is 34.5 Å². The van der Waals surface area contributed by atoms with Crippen LogP contribution in [-0.4, -0.2) is 68.2 Å². The van der Waals surface area contributed by atoms with Gasteiger partial charge in [0.2, 0.25) is 11.5 Å². The molecule has 2 rings (SSSR count). The van der Waals surface area contributed by atoms with Crippen molar-refractivity contribution in [2.24, 2.45) is 0 Å². The molecule has 2 aromatic rings. The molecule has 0 bridgehead atoms. The molecule has 0 aromatic heterocycles. The van der Waals surface area contributed by atoms with Gasteiger partial charge in [0.15, 0.2) is 29.1 Å². The largest absolute Gasteiger partial charge is 0.502 e. The van der Waals surface area contributed by atoms with Crippen molar-refractivity contribution in [1.29, 1.82) is 0 Å². The van der Waals surface area contributed by atoms with Crippen LogP contribution in [0.3, 0.4) is 0 Å². The van der Waals surface area contributed by atoms with E-state index in [4.69, 9.17) is 28.8 Å². The lowest BCUT2D eigenvalue weighted by atomic mass is 10.0. The zero-order valence-electron chi connectivity index (χ0n) is 17.9. The Balaban J connectivity index is 2.43. The highest BCUT2D eigenvalue weighted by Gasteiger charge is 2.27. The Morgan fingerprint density at radius 1 is 0.839 bits per heavy atom. The van der Waals surface area contributed by atoms with E-state index in [0.29, 0.717) is 22.6 Å². The van der Waals surface area contributed by atoms with E-state index < -0.39 is 18.8 Å².